The average Bonchev–Trinajstić information content (AvgIpc) is 3.03. The fourth-order valence-corrected chi connectivity index (χ4v) is 4.13. The fourth-order valence-electron chi connectivity index (χ4n) is 4.13. The van der Waals surface area contributed by atoms with Crippen LogP contribution in [-0.4, -0.2) is 42.3 Å². The highest BCUT2D eigenvalue weighted by Crippen LogP contribution is 2.36. The lowest BCUT2D eigenvalue weighted by Gasteiger charge is -2.24. The molecule has 2 aromatic carbocycles. The first kappa shape index (κ1) is 17.9. The monoisotopic (exact) mass is 367 g/mol. The number of nitrogens with zero attached hydrogens (tertiary/aromatic N) is 2. The number of hydrogen-bond donors (Lipinski definition) is 1. The third-order valence-corrected chi connectivity index (χ3v) is 5.49. The van der Waals surface area contributed by atoms with Crippen LogP contribution in [0, 0.1) is 0 Å². The van der Waals surface area contributed by atoms with E-state index in [9.17, 15) is 5.11 Å². The summed E-state index contributed by atoms with van der Waals surface area (Å²) in [7, 11) is 1.67. The van der Waals surface area contributed by atoms with Crippen molar-refractivity contribution in [2.75, 3.05) is 31.7 Å². The number of anilines is 1. The van der Waals surface area contributed by atoms with Gasteiger partial charge >= 0.3 is 0 Å². The molecular weight excluding hydrogens is 340 g/mol. The summed E-state index contributed by atoms with van der Waals surface area (Å²) in [4.78, 5) is 2.25. The van der Waals surface area contributed by atoms with Crippen LogP contribution >= 0.6 is 0 Å². The first-order valence-electron chi connectivity index (χ1n) is 9.66. The van der Waals surface area contributed by atoms with Gasteiger partial charge in [-0.25, -0.2) is 9.48 Å². The molecule has 0 aliphatic carbocycles. The highest BCUT2D eigenvalue weighted by Gasteiger charge is 2.52. The minimum absolute atomic E-state index is 0.517. The zero-order valence-corrected chi connectivity index (χ0v) is 16.0. The molecular formula is C22H27N2O3+. The molecule has 0 unspecified atom stereocenters. The van der Waals surface area contributed by atoms with E-state index in [0.717, 1.165) is 48.6 Å². The van der Waals surface area contributed by atoms with Gasteiger partial charge in [-0.15, -0.1) is 0 Å². The largest absolute Gasteiger partial charge is 0.497 e. The maximum Gasteiger partial charge on any atom is 0.271 e. The van der Waals surface area contributed by atoms with Crippen molar-refractivity contribution in [3.63, 3.8) is 0 Å². The number of amidine groups is 1. The van der Waals surface area contributed by atoms with Crippen LogP contribution in [0.4, 0.5) is 5.69 Å². The molecule has 142 valence electrons. The maximum atomic E-state index is 11.7. The second-order valence-electron chi connectivity index (χ2n) is 7.08. The first-order chi connectivity index (χ1) is 13.2. The van der Waals surface area contributed by atoms with Gasteiger partial charge in [0.15, 0.2) is 6.54 Å². The van der Waals surface area contributed by atoms with Gasteiger partial charge in [-0.3, -0.25) is 0 Å². The van der Waals surface area contributed by atoms with Crippen molar-refractivity contribution in [1.82, 2.24) is 0 Å². The predicted octanol–water partition coefficient (Wildman–Crippen LogP) is 3.35. The van der Waals surface area contributed by atoms with Gasteiger partial charge in [0.1, 0.15) is 17.2 Å². The molecule has 0 radical (unpaired) electrons. The van der Waals surface area contributed by atoms with Crippen LogP contribution in [0.2, 0.25) is 0 Å². The van der Waals surface area contributed by atoms with Crippen molar-refractivity contribution in [3.05, 3.63) is 54.1 Å². The minimum Gasteiger partial charge on any atom is -0.497 e. The van der Waals surface area contributed by atoms with Crippen LogP contribution in [0.1, 0.15) is 31.7 Å². The molecule has 5 heteroatoms. The first-order valence-corrected chi connectivity index (χ1v) is 9.66. The van der Waals surface area contributed by atoms with E-state index in [1.165, 1.54) is 5.84 Å². The molecule has 0 spiro atoms. The highest BCUT2D eigenvalue weighted by molar-refractivity contribution is 5.96. The Labute approximate surface area is 160 Å². The fraction of sp³-hybridized carbons (Fsp3) is 0.409. The Morgan fingerprint density at radius 3 is 2.41 bits per heavy atom. The molecule has 27 heavy (non-hydrogen) atoms. The molecule has 4 rings (SSSR count). The Morgan fingerprint density at radius 2 is 1.74 bits per heavy atom. The number of benzene rings is 2. The van der Waals surface area contributed by atoms with Crippen molar-refractivity contribution in [2.24, 2.45) is 0 Å². The molecule has 1 atom stereocenters. The summed E-state index contributed by atoms with van der Waals surface area (Å²) in [6.07, 6.45) is 3.22. The second kappa shape index (κ2) is 7.24. The molecule has 2 aromatic rings. The lowest BCUT2D eigenvalue weighted by atomic mass is 10.0. The van der Waals surface area contributed by atoms with Crippen LogP contribution in [0.15, 0.2) is 48.5 Å². The molecule has 0 fully saturated rings. The summed E-state index contributed by atoms with van der Waals surface area (Å²) in [6.45, 7) is 3.99. The van der Waals surface area contributed by atoms with Crippen molar-refractivity contribution in [2.45, 2.75) is 31.9 Å². The van der Waals surface area contributed by atoms with Gasteiger partial charge in [-0.05, 0) is 68.3 Å². The standard InChI is InChI=1S/C22H27N2O3/c1-3-27-20-11-7-17(8-12-20)22(25)16-23(21-6-4-5-15-24(21)22)18-9-13-19(26-2)14-10-18/h7-14,25H,3-6,15-16H2,1-2H3/q+1/t22-/m0/s1. The SMILES string of the molecule is CCOc1ccc([C@@]2(O)CN(c3ccc(OC)cc3)C3=[N+]2CCCC3)cc1. The van der Waals surface area contributed by atoms with Crippen LogP contribution in [0.25, 0.3) is 0 Å². The summed E-state index contributed by atoms with van der Waals surface area (Å²) in [6, 6.07) is 15.9. The number of hydrogen-bond acceptors (Lipinski definition) is 4. The van der Waals surface area contributed by atoms with Gasteiger partial charge in [-0.1, -0.05) is 0 Å². The number of methoxy groups -OCH3 is 1. The van der Waals surface area contributed by atoms with Crippen LogP contribution < -0.4 is 14.4 Å². The van der Waals surface area contributed by atoms with Gasteiger partial charge in [-0.2, -0.15) is 0 Å². The van der Waals surface area contributed by atoms with Gasteiger partial charge in [0.2, 0.25) is 0 Å². The lowest BCUT2D eigenvalue weighted by Crippen LogP contribution is -2.41. The van der Waals surface area contributed by atoms with E-state index < -0.39 is 5.72 Å². The lowest BCUT2D eigenvalue weighted by molar-refractivity contribution is -0.661. The number of β-amino-alcohol motifs (C(OH)–C–C–N with tert-alkyl or cyclic N) is 1. The van der Waals surface area contributed by atoms with Crippen molar-refractivity contribution < 1.29 is 19.2 Å². The maximum absolute atomic E-state index is 11.7. The van der Waals surface area contributed by atoms with E-state index in [-0.39, 0.29) is 0 Å². The van der Waals surface area contributed by atoms with E-state index >= 15 is 0 Å². The van der Waals surface area contributed by atoms with Crippen LogP contribution in [-0.2, 0) is 5.72 Å². The number of ether oxygens (including phenoxy) is 2. The average molecular weight is 367 g/mol. The minimum atomic E-state index is -1.03. The molecule has 0 aromatic heterocycles. The highest BCUT2D eigenvalue weighted by atomic mass is 16.5. The number of rotatable bonds is 5. The van der Waals surface area contributed by atoms with Gasteiger partial charge in [0, 0.05) is 12.0 Å². The normalized spacial score (nSPS) is 22.0. The summed E-state index contributed by atoms with van der Waals surface area (Å²) in [5, 5.41) is 11.7. The summed E-state index contributed by atoms with van der Waals surface area (Å²) >= 11 is 0. The quantitative estimate of drug-likeness (QED) is 0.823. The predicted molar refractivity (Wildman–Crippen MR) is 106 cm³/mol. The Morgan fingerprint density at radius 1 is 1.04 bits per heavy atom. The van der Waals surface area contributed by atoms with Crippen molar-refractivity contribution in [3.8, 4) is 11.5 Å². The summed E-state index contributed by atoms with van der Waals surface area (Å²) in [5.41, 5.74) is 0.960. The smallest absolute Gasteiger partial charge is 0.271 e. The Bertz CT molecular complexity index is 830. The van der Waals surface area contributed by atoms with E-state index in [0.29, 0.717) is 13.2 Å². The van der Waals surface area contributed by atoms with E-state index in [4.69, 9.17) is 9.47 Å². The molecule has 0 bridgehead atoms. The molecule has 5 nitrogen and oxygen atoms in total. The third-order valence-electron chi connectivity index (χ3n) is 5.49. The summed E-state index contributed by atoms with van der Waals surface area (Å²) in [5.74, 6) is 2.87. The van der Waals surface area contributed by atoms with Crippen molar-refractivity contribution in [1.29, 1.82) is 0 Å². The Hall–Kier alpha value is -2.53. The van der Waals surface area contributed by atoms with Gasteiger partial charge < -0.3 is 14.6 Å². The zero-order valence-electron chi connectivity index (χ0n) is 16.0. The molecule has 0 amide bonds. The molecule has 2 aliphatic rings. The third kappa shape index (κ3) is 3.16. The van der Waals surface area contributed by atoms with Gasteiger partial charge in [0.25, 0.3) is 11.6 Å². The van der Waals surface area contributed by atoms with Gasteiger partial charge in [0.05, 0.1) is 20.3 Å². The topological polar surface area (TPSA) is 44.9 Å². The van der Waals surface area contributed by atoms with Crippen molar-refractivity contribution >= 4 is 11.5 Å². The molecule has 1 N–H and O–H groups in total. The zero-order chi connectivity index (χ0) is 18.9. The van der Waals surface area contributed by atoms with E-state index in [1.54, 1.807) is 7.11 Å². The Balaban J connectivity index is 1.70. The van der Waals surface area contributed by atoms with Crippen LogP contribution in [0.5, 0.6) is 11.5 Å². The van der Waals surface area contributed by atoms with Crippen LogP contribution in [0.3, 0.4) is 0 Å². The Kier molecular flexibility index (Phi) is 4.79. The second-order valence-corrected chi connectivity index (χ2v) is 7.08. The van der Waals surface area contributed by atoms with E-state index in [1.807, 2.05) is 43.3 Å². The molecule has 0 saturated carbocycles. The van der Waals surface area contributed by atoms with E-state index in [2.05, 4.69) is 21.6 Å². The number of aliphatic hydroxyl groups is 1. The summed E-state index contributed by atoms with van der Waals surface area (Å²) < 4.78 is 13.0. The molecule has 2 aliphatic heterocycles. The molecule has 0 saturated heterocycles. The molecule has 2 heterocycles.